The highest BCUT2D eigenvalue weighted by molar-refractivity contribution is 7.89. The van der Waals surface area contributed by atoms with Gasteiger partial charge in [0, 0.05) is 6.54 Å². The largest absolute Gasteiger partial charge is 0.375 e. The van der Waals surface area contributed by atoms with Gasteiger partial charge >= 0.3 is 0 Å². The maximum Gasteiger partial charge on any atom is 0.214 e. The molecule has 2 aliphatic rings. The summed E-state index contributed by atoms with van der Waals surface area (Å²) >= 11 is 0. The standard InChI is InChI=1S/C14H28N2O3S/c1-2-8-15-9-3-4-12-20(17,18)16-10-11-19-14-7-5-6-13(14)16/h13-15H,2-12H2,1H3. The van der Waals surface area contributed by atoms with Crippen LogP contribution in [0.3, 0.4) is 0 Å². The molecule has 0 amide bonds. The molecule has 1 aliphatic carbocycles. The lowest BCUT2D eigenvalue weighted by Crippen LogP contribution is -2.51. The first kappa shape index (κ1) is 16.2. The van der Waals surface area contributed by atoms with Crippen molar-refractivity contribution in [1.82, 2.24) is 9.62 Å². The molecule has 6 heteroatoms. The van der Waals surface area contributed by atoms with Crippen LogP contribution in [0.15, 0.2) is 0 Å². The van der Waals surface area contributed by atoms with Gasteiger partial charge in [-0.05, 0) is 51.6 Å². The van der Waals surface area contributed by atoms with Crippen LogP contribution in [-0.2, 0) is 14.8 Å². The number of nitrogens with zero attached hydrogens (tertiary/aromatic N) is 1. The van der Waals surface area contributed by atoms with Crippen LogP contribution in [0.1, 0.15) is 45.4 Å². The summed E-state index contributed by atoms with van der Waals surface area (Å²) in [6, 6.07) is 0.104. The molecule has 0 aromatic rings. The summed E-state index contributed by atoms with van der Waals surface area (Å²) in [4.78, 5) is 0. The fraction of sp³-hybridized carbons (Fsp3) is 1.00. The summed E-state index contributed by atoms with van der Waals surface area (Å²) in [6.07, 6.45) is 5.99. The number of rotatable bonds is 8. The van der Waals surface area contributed by atoms with Crippen LogP contribution in [0.4, 0.5) is 0 Å². The minimum absolute atomic E-state index is 0.104. The molecule has 5 nitrogen and oxygen atoms in total. The van der Waals surface area contributed by atoms with Gasteiger partial charge < -0.3 is 10.1 Å². The number of nitrogens with one attached hydrogen (secondary N) is 1. The first-order chi connectivity index (χ1) is 9.65. The SMILES string of the molecule is CCCNCCCCS(=O)(=O)N1CCOC2CCCC21. The number of unbranched alkanes of at least 4 members (excludes halogenated alkanes) is 1. The molecule has 2 unspecified atom stereocenters. The molecule has 0 spiro atoms. The Hall–Kier alpha value is -0.170. The van der Waals surface area contributed by atoms with Crippen molar-refractivity contribution >= 4 is 10.0 Å². The van der Waals surface area contributed by atoms with Gasteiger partial charge in [-0.15, -0.1) is 0 Å². The molecule has 2 atom stereocenters. The van der Waals surface area contributed by atoms with E-state index in [0.717, 1.165) is 51.6 Å². The highest BCUT2D eigenvalue weighted by Crippen LogP contribution is 2.31. The number of fused-ring (bicyclic) bond motifs is 1. The van der Waals surface area contributed by atoms with Crippen molar-refractivity contribution in [3.05, 3.63) is 0 Å². The Labute approximate surface area is 123 Å². The Bertz CT molecular complexity index is 386. The van der Waals surface area contributed by atoms with Crippen LogP contribution in [0.2, 0.25) is 0 Å². The molecule has 0 bridgehead atoms. The molecule has 20 heavy (non-hydrogen) atoms. The van der Waals surface area contributed by atoms with Gasteiger partial charge in [-0.2, -0.15) is 4.31 Å². The van der Waals surface area contributed by atoms with Crippen molar-refractivity contribution in [2.45, 2.75) is 57.6 Å². The highest BCUT2D eigenvalue weighted by Gasteiger charge is 2.41. The molecule has 0 aromatic heterocycles. The normalized spacial score (nSPS) is 27.6. The molecule has 1 aliphatic heterocycles. The second-order valence-electron chi connectivity index (χ2n) is 5.79. The number of sulfonamides is 1. The first-order valence-corrected chi connectivity index (χ1v) is 9.58. The lowest BCUT2D eigenvalue weighted by atomic mass is 10.2. The fourth-order valence-corrected chi connectivity index (χ4v) is 5.00. The maximum atomic E-state index is 12.5. The van der Waals surface area contributed by atoms with Crippen molar-refractivity contribution < 1.29 is 13.2 Å². The van der Waals surface area contributed by atoms with Gasteiger partial charge in [0.25, 0.3) is 0 Å². The first-order valence-electron chi connectivity index (χ1n) is 7.97. The molecular formula is C14H28N2O3S. The van der Waals surface area contributed by atoms with E-state index in [0.29, 0.717) is 13.2 Å². The van der Waals surface area contributed by atoms with Gasteiger partial charge in [0.15, 0.2) is 0 Å². The van der Waals surface area contributed by atoms with Crippen molar-refractivity contribution in [3.8, 4) is 0 Å². The van der Waals surface area contributed by atoms with E-state index in [1.807, 2.05) is 0 Å². The second kappa shape index (κ2) is 7.73. The zero-order valence-corrected chi connectivity index (χ0v) is 13.3. The van der Waals surface area contributed by atoms with Gasteiger partial charge in [-0.3, -0.25) is 0 Å². The number of morpholine rings is 1. The molecular weight excluding hydrogens is 276 g/mol. The van der Waals surface area contributed by atoms with Gasteiger partial charge in [0.1, 0.15) is 0 Å². The monoisotopic (exact) mass is 304 g/mol. The Morgan fingerprint density at radius 2 is 2.10 bits per heavy atom. The van der Waals surface area contributed by atoms with Crippen molar-refractivity contribution in [2.24, 2.45) is 0 Å². The number of ether oxygens (including phenoxy) is 1. The Morgan fingerprint density at radius 3 is 2.90 bits per heavy atom. The molecule has 118 valence electrons. The highest BCUT2D eigenvalue weighted by atomic mass is 32.2. The van der Waals surface area contributed by atoms with Crippen molar-refractivity contribution in [2.75, 3.05) is 32.0 Å². The van der Waals surface area contributed by atoms with Crippen molar-refractivity contribution in [3.63, 3.8) is 0 Å². The van der Waals surface area contributed by atoms with E-state index in [9.17, 15) is 8.42 Å². The van der Waals surface area contributed by atoms with E-state index in [2.05, 4.69) is 12.2 Å². The summed E-state index contributed by atoms with van der Waals surface area (Å²) in [5.41, 5.74) is 0. The average Bonchev–Trinajstić information content (AvgIpc) is 2.90. The summed E-state index contributed by atoms with van der Waals surface area (Å²) in [7, 11) is -3.10. The summed E-state index contributed by atoms with van der Waals surface area (Å²) in [5.74, 6) is 0.282. The van der Waals surface area contributed by atoms with Crippen LogP contribution >= 0.6 is 0 Å². The topological polar surface area (TPSA) is 58.6 Å². The number of hydrogen-bond donors (Lipinski definition) is 1. The zero-order valence-electron chi connectivity index (χ0n) is 12.5. The van der Waals surface area contributed by atoms with E-state index in [1.165, 1.54) is 0 Å². The van der Waals surface area contributed by atoms with Gasteiger partial charge in [0.2, 0.25) is 10.0 Å². The molecule has 2 rings (SSSR count). The van der Waals surface area contributed by atoms with Crippen LogP contribution in [-0.4, -0.2) is 56.9 Å². The van der Waals surface area contributed by atoms with Crippen LogP contribution in [0, 0.1) is 0 Å². The Kier molecular flexibility index (Phi) is 6.26. The third-order valence-corrected chi connectivity index (χ3v) is 6.19. The van der Waals surface area contributed by atoms with E-state index < -0.39 is 10.0 Å². The van der Waals surface area contributed by atoms with Crippen LogP contribution in [0.5, 0.6) is 0 Å². The summed E-state index contributed by atoms with van der Waals surface area (Å²) < 4.78 is 32.3. The number of hydrogen-bond acceptors (Lipinski definition) is 4. The second-order valence-corrected chi connectivity index (χ2v) is 7.83. The Morgan fingerprint density at radius 1 is 1.25 bits per heavy atom. The minimum Gasteiger partial charge on any atom is -0.375 e. The maximum absolute atomic E-state index is 12.5. The molecule has 0 radical (unpaired) electrons. The van der Waals surface area contributed by atoms with Gasteiger partial charge in [0.05, 0.1) is 24.5 Å². The van der Waals surface area contributed by atoms with E-state index >= 15 is 0 Å². The lowest BCUT2D eigenvalue weighted by Gasteiger charge is -2.36. The van der Waals surface area contributed by atoms with Crippen molar-refractivity contribution in [1.29, 1.82) is 0 Å². The molecule has 1 N–H and O–H groups in total. The summed E-state index contributed by atoms with van der Waals surface area (Å²) in [5, 5.41) is 3.31. The van der Waals surface area contributed by atoms with Crippen LogP contribution < -0.4 is 5.32 Å². The quantitative estimate of drug-likeness (QED) is 0.688. The fourth-order valence-electron chi connectivity index (χ4n) is 3.19. The Balaban J connectivity index is 1.77. The lowest BCUT2D eigenvalue weighted by molar-refractivity contribution is -0.0241. The van der Waals surface area contributed by atoms with Gasteiger partial charge in [-0.1, -0.05) is 6.92 Å². The molecule has 2 fully saturated rings. The molecule has 1 saturated carbocycles. The third-order valence-electron chi connectivity index (χ3n) is 4.22. The predicted octanol–water partition coefficient (Wildman–Crippen LogP) is 1.35. The smallest absolute Gasteiger partial charge is 0.214 e. The minimum atomic E-state index is -3.10. The van der Waals surface area contributed by atoms with Gasteiger partial charge in [-0.25, -0.2) is 8.42 Å². The van der Waals surface area contributed by atoms with Crippen LogP contribution in [0.25, 0.3) is 0 Å². The predicted molar refractivity (Wildman–Crippen MR) is 80.3 cm³/mol. The van der Waals surface area contributed by atoms with E-state index in [1.54, 1.807) is 4.31 Å². The molecule has 1 saturated heterocycles. The average molecular weight is 304 g/mol. The molecule has 0 aromatic carbocycles. The third kappa shape index (κ3) is 4.16. The summed E-state index contributed by atoms with van der Waals surface area (Å²) in [6.45, 7) is 5.16. The van der Waals surface area contributed by atoms with E-state index in [-0.39, 0.29) is 17.9 Å². The molecule has 1 heterocycles. The van der Waals surface area contributed by atoms with E-state index in [4.69, 9.17) is 4.74 Å². The zero-order chi connectivity index (χ0) is 14.4.